The molecule has 6 heteroatoms. The van der Waals surface area contributed by atoms with Crippen molar-refractivity contribution in [3.8, 4) is 10.6 Å². The molecule has 0 saturated heterocycles. The highest BCUT2D eigenvalue weighted by molar-refractivity contribution is 7.19. The van der Waals surface area contributed by atoms with Crippen molar-refractivity contribution in [2.45, 2.75) is 6.92 Å². The van der Waals surface area contributed by atoms with Gasteiger partial charge < -0.3 is 5.32 Å². The number of amides is 1. The maximum atomic E-state index is 13.4. The predicted molar refractivity (Wildman–Crippen MR) is 123 cm³/mol. The Hall–Kier alpha value is -3.28. The van der Waals surface area contributed by atoms with Gasteiger partial charge in [-0.3, -0.25) is 9.78 Å². The van der Waals surface area contributed by atoms with Gasteiger partial charge in [0.25, 0.3) is 5.91 Å². The molecule has 0 spiro atoms. The number of para-hydroxylation sites is 2. The second kappa shape index (κ2) is 7.52. The molecule has 2 aromatic carbocycles. The first kappa shape index (κ1) is 18.7. The van der Waals surface area contributed by atoms with Gasteiger partial charge in [0.05, 0.1) is 26.5 Å². The molecule has 0 radical (unpaired) electrons. The number of pyridine rings is 2. The summed E-state index contributed by atoms with van der Waals surface area (Å²) in [6, 6.07) is 23.2. The summed E-state index contributed by atoms with van der Waals surface area (Å²) < 4.78 is 0.703. The quantitative estimate of drug-likeness (QED) is 0.373. The van der Waals surface area contributed by atoms with Gasteiger partial charge in [0, 0.05) is 23.2 Å². The predicted octanol–water partition coefficient (Wildman–Crippen LogP) is 6.14. The van der Waals surface area contributed by atoms with Crippen molar-refractivity contribution >= 4 is 56.3 Å². The number of halogens is 1. The number of aromatic amines is 1. The third kappa shape index (κ3) is 3.43. The molecule has 0 fully saturated rings. The van der Waals surface area contributed by atoms with E-state index in [9.17, 15) is 4.79 Å². The van der Waals surface area contributed by atoms with Crippen LogP contribution in [0.2, 0.25) is 4.34 Å². The number of aromatic nitrogens is 2. The number of hydrogen-bond acceptors (Lipinski definition) is 3. The number of thiophene rings is 1. The molecule has 5 aromatic rings. The summed E-state index contributed by atoms with van der Waals surface area (Å²) in [6.45, 7) is 1.94. The van der Waals surface area contributed by atoms with Crippen molar-refractivity contribution in [2.24, 2.45) is 0 Å². The van der Waals surface area contributed by atoms with Crippen molar-refractivity contribution < 1.29 is 9.78 Å². The van der Waals surface area contributed by atoms with Crippen LogP contribution in [-0.4, -0.2) is 10.9 Å². The molecule has 0 atom stereocenters. The maximum Gasteiger partial charge on any atom is 0.256 e. The van der Waals surface area contributed by atoms with E-state index in [-0.39, 0.29) is 5.91 Å². The zero-order valence-corrected chi connectivity index (χ0v) is 17.6. The molecule has 1 amide bonds. The second-order valence-electron chi connectivity index (χ2n) is 7.03. The smallest absolute Gasteiger partial charge is 0.256 e. The van der Waals surface area contributed by atoms with Crippen LogP contribution in [0.5, 0.6) is 0 Å². The highest BCUT2D eigenvalue weighted by atomic mass is 35.5. The van der Waals surface area contributed by atoms with Crippen LogP contribution in [0, 0.1) is 6.92 Å². The number of benzene rings is 2. The molecule has 0 aliphatic rings. The number of carbonyl (C=O) groups is 1. The zero-order chi connectivity index (χ0) is 20.7. The molecule has 0 aliphatic heterocycles. The van der Waals surface area contributed by atoms with Crippen LogP contribution in [0.4, 0.5) is 5.69 Å². The summed E-state index contributed by atoms with van der Waals surface area (Å²) in [6.07, 6.45) is 0. The lowest BCUT2D eigenvalue weighted by molar-refractivity contribution is -0.330. The topological polar surface area (TPSA) is 56.1 Å². The van der Waals surface area contributed by atoms with Crippen LogP contribution < -0.4 is 10.3 Å². The Morgan fingerprint density at radius 2 is 1.90 bits per heavy atom. The summed E-state index contributed by atoms with van der Waals surface area (Å²) >= 11 is 7.59. The fraction of sp³-hybridized carbons (Fsp3) is 0.0417. The molecule has 0 saturated carbocycles. The number of rotatable bonds is 3. The minimum absolute atomic E-state index is 0.181. The number of fused-ring (bicyclic) bond motifs is 2. The van der Waals surface area contributed by atoms with Crippen molar-refractivity contribution in [3.05, 3.63) is 88.4 Å². The summed E-state index contributed by atoms with van der Waals surface area (Å²) in [4.78, 5) is 22.4. The highest BCUT2D eigenvalue weighted by Gasteiger charge is 2.20. The van der Waals surface area contributed by atoms with E-state index >= 15 is 0 Å². The number of carbonyl (C=O) groups excluding carboxylic acids is 1. The summed E-state index contributed by atoms with van der Waals surface area (Å²) in [7, 11) is 0. The normalized spacial score (nSPS) is 11.1. The maximum absolute atomic E-state index is 13.4. The Balaban J connectivity index is 1.62. The third-order valence-corrected chi connectivity index (χ3v) is 6.23. The van der Waals surface area contributed by atoms with Crippen LogP contribution in [-0.2, 0) is 0 Å². The molecule has 0 bridgehead atoms. The Morgan fingerprint density at radius 1 is 1.03 bits per heavy atom. The van der Waals surface area contributed by atoms with E-state index in [1.807, 2.05) is 79.7 Å². The van der Waals surface area contributed by atoms with Gasteiger partial charge >= 0.3 is 0 Å². The molecule has 2 N–H and O–H groups in total. The molecule has 30 heavy (non-hydrogen) atoms. The molecule has 146 valence electrons. The van der Waals surface area contributed by atoms with Crippen LogP contribution in [0.15, 0.2) is 72.8 Å². The van der Waals surface area contributed by atoms with Crippen molar-refractivity contribution in [1.29, 1.82) is 0 Å². The first-order valence-corrected chi connectivity index (χ1v) is 10.7. The van der Waals surface area contributed by atoms with Gasteiger partial charge in [-0.1, -0.05) is 41.9 Å². The van der Waals surface area contributed by atoms with Crippen LogP contribution in [0.25, 0.3) is 32.4 Å². The van der Waals surface area contributed by atoms with E-state index in [0.29, 0.717) is 15.6 Å². The zero-order valence-electron chi connectivity index (χ0n) is 16.1. The van der Waals surface area contributed by atoms with E-state index in [1.54, 1.807) is 0 Å². The van der Waals surface area contributed by atoms with Crippen molar-refractivity contribution in [2.75, 3.05) is 5.32 Å². The monoisotopic (exact) mass is 430 g/mol. The lowest BCUT2D eigenvalue weighted by atomic mass is 10.1. The van der Waals surface area contributed by atoms with Crippen molar-refractivity contribution in [1.82, 2.24) is 4.98 Å². The molecule has 3 aromatic heterocycles. The summed E-state index contributed by atoms with van der Waals surface area (Å²) in [5.74, 6) is -0.181. The van der Waals surface area contributed by atoms with E-state index in [1.165, 1.54) is 11.3 Å². The first-order valence-electron chi connectivity index (χ1n) is 9.47. The van der Waals surface area contributed by atoms with Crippen molar-refractivity contribution in [3.63, 3.8) is 0 Å². The number of H-pyrrole nitrogens is 1. The largest absolute Gasteiger partial charge is 0.320 e. The fourth-order valence-electron chi connectivity index (χ4n) is 3.55. The van der Waals surface area contributed by atoms with Gasteiger partial charge in [-0.15, -0.1) is 11.3 Å². The SMILES string of the molecule is Cc1ccc2cccc(NC(=O)c3cc(-c4ccc(Cl)s4)[nH+]c4ccccc34)c2n1. The number of hydrogen-bond donors (Lipinski definition) is 1. The Labute approximate surface area is 182 Å². The summed E-state index contributed by atoms with van der Waals surface area (Å²) in [5.41, 5.74) is 4.70. The van der Waals surface area contributed by atoms with E-state index in [2.05, 4.69) is 15.3 Å². The molecule has 0 unspecified atom stereocenters. The third-order valence-electron chi connectivity index (χ3n) is 4.97. The average Bonchev–Trinajstić information content (AvgIpc) is 3.19. The number of anilines is 1. The minimum Gasteiger partial charge on any atom is -0.320 e. The van der Waals surface area contributed by atoms with Gasteiger partial charge in [0.15, 0.2) is 0 Å². The Bertz CT molecular complexity index is 1430. The van der Waals surface area contributed by atoms with E-state index in [4.69, 9.17) is 11.6 Å². The first-order chi connectivity index (χ1) is 14.6. The fourth-order valence-corrected chi connectivity index (χ4v) is 4.56. The average molecular weight is 431 g/mol. The molecular formula is C24H17ClN3OS+. The van der Waals surface area contributed by atoms with Gasteiger partial charge in [0.1, 0.15) is 4.88 Å². The number of aryl methyl sites for hydroxylation is 1. The number of nitrogens with zero attached hydrogens (tertiary/aromatic N) is 1. The standard InChI is InChI=1S/C24H16ClN3OS/c1-14-9-10-15-5-4-8-19(23(15)26-14)28-24(29)17-13-20(21-11-12-22(25)30-21)27-18-7-3-2-6-16(17)18/h2-13H,1H3,(H,28,29)/p+1. The van der Waals surface area contributed by atoms with Crippen LogP contribution in [0.3, 0.4) is 0 Å². The van der Waals surface area contributed by atoms with E-state index in [0.717, 1.165) is 38.1 Å². The van der Waals surface area contributed by atoms with Crippen LogP contribution >= 0.6 is 22.9 Å². The van der Waals surface area contributed by atoms with Gasteiger partial charge in [0.2, 0.25) is 11.2 Å². The molecule has 5 rings (SSSR count). The lowest BCUT2D eigenvalue weighted by Crippen LogP contribution is -2.17. The van der Waals surface area contributed by atoms with E-state index < -0.39 is 0 Å². The van der Waals surface area contributed by atoms with Gasteiger partial charge in [-0.05, 0) is 37.3 Å². The Kier molecular flexibility index (Phi) is 4.69. The summed E-state index contributed by atoms with van der Waals surface area (Å²) in [5, 5.41) is 4.90. The molecular weight excluding hydrogens is 414 g/mol. The molecule has 3 heterocycles. The molecule has 4 nitrogen and oxygen atoms in total. The molecule has 0 aliphatic carbocycles. The second-order valence-corrected chi connectivity index (χ2v) is 8.75. The van der Waals surface area contributed by atoms with Gasteiger partial charge in [-0.2, -0.15) is 0 Å². The lowest BCUT2D eigenvalue weighted by Gasteiger charge is -2.10. The van der Waals surface area contributed by atoms with Crippen LogP contribution in [0.1, 0.15) is 16.1 Å². The Morgan fingerprint density at radius 3 is 2.73 bits per heavy atom. The minimum atomic E-state index is -0.181. The van der Waals surface area contributed by atoms with Gasteiger partial charge in [-0.25, -0.2) is 4.98 Å². The number of nitrogens with one attached hydrogen (secondary N) is 2. The highest BCUT2D eigenvalue weighted by Crippen LogP contribution is 2.31.